The summed E-state index contributed by atoms with van der Waals surface area (Å²) < 4.78 is 0. The van der Waals surface area contributed by atoms with Crippen LogP contribution in [-0.4, -0.2) is 11.5 Å². The first kappa shape index (κ1) is 14.0. The van der Waals surface area contributed by atoms with Crippen molar-refractivity contribution in [1.82, 2.24) is 10.3 Å². The summed E-state index contributed by atoms with van der Waals surface area (Å²) in [6, 6.07) is 6.74. The summed E-state index contributed by atoms with van der Waals surface area (Å²) in [5.74, 6) is 0.464. The molecule has 0 aliphatic carbocycles. The van der Waals surface area contributed by atoms with Gasteiger partial charge in [0, 0.05) is 17.6 Å². The van der Waals surface area contributed by atoms with Crippen LogP contribution in [0.4, 0.5) is 0 Å². The van der Waals surface area contributed by atoms with E-state index in [1.807, 2.05) is 0 Å². The van der Waals surface area contributed by atoms with Crippen LogP contribution in [0.15, 0.2) is 18.2 Å². The predicted molar refractivity (Wildman–Crippen MR) is 82.7 cm³/mol. The molecule has 0 radical (unpaired) electrons. The average molecular weight is 256 g/mol. The van der Waals surface area contributed by atoms with Gasteiger partial charge < -0.3 is 5.32 Å². The van der Waals surface area contributed by atoms with E-state index in [1.54, 1.807) is 0 Å². The van der Waals surface area contributed by atoms with Crippen LogP contribution >= 0.6 is 0 Å². The quantitative estimate of drug-likeness (QED) is 0.891. The maximum atomic E-state index is 4.82. The molecule has 0 fully saturated rings. The third kappa shape index (κ3) is 2.95. The third-order valence-corrected chi connectivity index (χ3v) is 3.69. The van der Waals surface area contributed by atoms with Crippen LogP contribution in [0.5, 0.6) is 0 Å². The van der Waals surface area contributed by atoms with Gasteiger partial charge in [-0.05, 0) is 61.2 Å². The van der Waals surface area contributed by atoms with E-state index < -0.39 is 0 Å². The summed E-state index contributed by atoms with van der Waals surface area (Å²) in [5.41, 5.74) is 6.32. The Labute approximate surface area is 116 Å². The van der Waals surface area contributed by atoms with Gasteiger partial charge in [-0.1, -0.05) is 20.8 Å². The van der Waals surface area contributed by atoms with Crippen LogP contribution in [0.1, 0.15) is 49.1 Å². The van der Waals surface area contributed by atoms with Gasteiger partial charge in [0.1, 0.15) is 0 Å². The fourth-order valence-electron chi connectivity index (χ4n) is 2.28. The van der Waals surface area contributed by atoms with E-state index in [4.69, 9.17) is 4.98 Å². The maximum Gasteiger partial charge on any atom is 0.0711 e. The number of hydrogen-bond donors (Lipinski definition) is 1. The summed E-state index contributed by atoms with van der Waals surface area (Å²) in [5, 5.41) is 4.71. The van der Waals surface area contributed by atoms with Gasteiger partial charge in [0.05, 0.1) is 5.52 Å². The lowest BCUT2D eigenvalue weighted by molar-refractivity contribution is 0.726. The predicted octanol–water partition coefficient (Wildman–Crippen LogP) is 4.08. The molecule has 0 bridgehead atoms. The Bertz CT molecular complexity index is 585. The van der Waals surface area contributed by atoms with Crippen molar-refractivity contribution in [3.63, 3.8) is 0 Å². The summed E-state index contributed by atoms with van der Waals surface area (Å²) in [6.45, 7) is 12.8. The van der Waals surface area contributed by atoms with E-state index in [2.05, 4.69) is 58.1 Å². The van der Waals surface area contributed by atoms with Crippen molar-refractivity contribution >= 4 is 10.9 Å². The molecule has 2 rings (SSSR count). The standard InChI is InChI=1S/C17H24N2/c1-6-18-10-14-9-16(11(2)3)19-17-8-13(5)12(4)7-15(14)17/h7-9,11,18H,6,10H2,1-5H3. The molecule has 2 heteroatoms. The van der Waals surface area contributed by atoms with Gasteiger partial charge >= 0.3 is 0 Å². The number of aromatic nitrogens is 1. The number of benzene rings is 1. The molecule has 102 valence electrons. The molecule has 1 N–H and O–H groups in total. The molecule has 0 aliphatic heterocycles. The summed E-state index contributed by atoms with van der Waals surface area (Å²) in [4.78, 5) is 4.82. The van der Waals surface area contributed by atoms with Crippen LogP contribution in [0.2, 0.25) is 0 Å². The average Bonchev–Trinajstić information content (AvgIpc) is 2.37. The lowest BCUT2D eigenvalue weighted by atomic mass is 9.99. The number of aryl methyl sites for hydroxylation is 2. The number of rotatable bonds is 4. The monoisotopic (exact) mass is 256 g/mol. The second-order valence-electron chi connectivity index (χ2n) is 5.59. The minimum absolute atomic E-state index is 0.464. The Balaban J connectivity index is 2.63. The van der Waals surface area contributed by atoms with Crippen molar-refractivity contribution in [2.24, 2.45) is 0 Å². The van der Waals surface area contributed by atoms with Crippen LogP contribution in [0.3, 0.4) is 0 Å². The van der Waals surface area contributed by atoms with Crippen LogP contribution in [0, 0.1) is 13.8 Å². The number of hydrogen-bond acceptors (Lipinski definition) is 2. The summed E-state index contributed by atoms with van der Waals surface area (Å²) in [6.07, 6.45) is 0. The van der Waals surface area contributed by atoms with Crippen LogP contribution in [0.25, 0.3) is 10.9 Å². The first-order valence-corrected chi connectivity index (χ1v) is 7.14. The van der Waals surface area contributed by atoms with Gasteiger partial charge in [-0.2, -0.15) is 0 Å². The Morgan fingerprint density at radius 2 is 1.79 bits per heavy atom. The van der Waals surface area contributed by atoms with Crippen molar-refractivity contribution in [2.75, 3.05) is 6.54 Å². The van der Waals surface area contributed by atoms with Crippen molar-refractivity contribution in [3.8, 4) is 0 Å². The second-order valence-corrected chi connectivity index (χ2v) is 5.59. The highest BCUT2D eigenvalue weighted by atomic mass is 14.8. The number of pyridine rings is 1. The number of nitrogens with zero attached hydrogens (tertiary/aromatic N) is 1. The van der Waals surface area contributed by atoms with Crippen molar-refractivity contribution < 1.29 is 0 Å². The van der Waals surface area contributed by atoms with E-state index in [1.165, 1.54) is 27.8 Å². The van der Waals surface area contributed by atoms with Crippen molar-refractivity contribution in [3.05, 3.63) is 40.6 Å². The summed E-state index contributed by atoms with van der Waals surface area (Å²) >= 11 is 0. The molecule has 0 saturated carbocycles. The zero-order valence-corrected chi connectivity index (χ0v) is 12.7. The van der Waals surface area contributed by atoms with E-state index in [-0.39, 0.29) is 0 Å². The van der Waals surface area contributed by atoms with E-state index in [0.717, 1.165) is 18.6 Å². The highest BCUT2D eigenvalue weighted by molar-refractivity contribution is 5.84. The van der Waals surface area contributed by atoms with Crippen LogP contribution < -0.4 is 5.32 Å². The minimum atomic E-state index is 0.464. The zero-order valence-electron chi connectivity index (χ0n) is 12.7. The molecule has 0 atom stereocenters. The van der Waals surface area contributed by atoms with Crippen molar-refractivity contribution in [2.45, 2.75) is 47.1 Å². The molecule has 0 spiro atoms. The molecular formula is C17H24N2. The molecule has 0 unspecified atom stereocenters. The SMILES string of the molecule is CCNCc1cc(C(C)C)nc2cc(C)c(C)cc12. The van der Waals surface area contributed by atoms with Gasteiger partial charge in [0.15, 0.2) is 0 Å². The smallest absolute Gasteiger partial charge is 0.0711 e. The van der Waals surface area contributed by atoms with Gasteiger partial charge in [-0.3, -0.25) is 4.98 Å². The molecule has 2 aromatic rings. The Morgan fingerprint density at radius 1 is 1.11 bits per heavy atom. The lowest BCUT2D eigenvalue weighted by Crippen LogP contribution is -2.13. The van der Waals surface area contributed by atoms with E-state index >= 15 is 0 Å². The normalized spacial score (nSPS) is 11.5. The molecule has 1 heterocycles. The Morgan fingerprint density at radius 3 is 2.42 bits per heavy atom. The first-order chi connectivity index (χ1) is 9.02. The Hall–Kier alpha value is -1.41. The molecule has 1 aromatic heterocycles. The highest BCUT2D eigenvalue weighted by Gasteiger charge is 2.09. The highest BCUT2D eigenvalue weighted by Crippen LogP contribution is 2.25. The molecule has 19 heavy (non-hydrogen) atoms. The lowest BCUT2D eigenvalue weighted by Gasteiger charge is -2.13. The Kier molecular flexibility index (Phi) is 4.20. The number of fused-ring (bicyclic) bond motifs is 1. The fraction of sp³-hybridized carbons (Fsp3) is 0.471. The van der Waals surface area contributed by atoms with Crippen molar-refractivity contribution in [1.29, 1.82) is 0 Å². The molecular weight excluding hydrogens is 232 g/mol. The first-order valence-electron chi connectivity index (χ1n) is 7.14. The molecule has 0 amide bonds. The second kappa shape index (κ2) is 5.70. The van der Waals surface area contributed by atoms with Crippen LogP contribution in [-0.2, 0) is 6.54 Å². The minimum Gasteiger partial charge on any atom is -0.313 e. The molecule has 0 aliphatic rings. The largest absolute Gasteiger partial charge is 0.313 e. The maximum absolute atomic E-state index is 4.82. The van der Waals surface area contributed by atoms with Gasteiger partial charge in [-0.15, -0.1) is 0 Å². The molecule has 2 nitrogen and oxygen atoms in total. The van der Waals surface area contributed by atoms with Gasteiger partial charge in [0.2, 0.25) is 0 Å². The third-order valence-electron chi connectivity index (χ3n) is 3.69. The fourth-order valence-corrected chi connectivity index (χ4v) is 2.28. The molecule has 0 saturated heterocycles. The zero-order chi connectivity index (χ0) is 14.0. The molecule has 1 aromatic carbocycles. The van der Waals surface area contributed by atoms with Gasteiger partial charge in [0.25, 0.3) is 0 Å². The van der Waals surface area contributed by atoms with E-state index in [0.29, 0.717) is 5.92 Å². The van der Waals surface area contributed by atoms with E-state index in [9.17, 15) is 0 Å². The topological polar surface area (TPSA) is 24.9 Å². The van der Waals surface area contributed by atoms with Gasteiger partial charge in [-0.25, -0.2) is 0 Å². The summed E-state index contributed by atoms with van der Waals surface area (Å²) in [7, 11) is 0. The number of nitrogens with one attached hydrogen (secondary N) is 1.